The Kier molecular flexibility index (Phi) is 5.03. The number of carbonyl (C=O) groups excluding carboxylic acids is 1. The van der Waals surface area contributed by atoms with Crippen LogP contribution in [0.15, 0.2) is 59.9 Å². The van der Waals surface area contributed by atoms with E-state index in [0.29, 0.717) is 23.1 Å². The van der Waals surface area contributed by atoms with E-state index in [0.717, 1.165) is 0 Å². The van der Waals surface area contributed by atoms with Crippen molar-refractivity contribution >= 4 is 23.4 Å². The summed E-state index contributed by atoms with van der Waals surface area (Å²) < 4.78 is 39.1. The number of benzene rings is 1. The molecule has 128 valence electrons. The Bertz CT molecular complexity index is 883. The Morgan fingerprint density at radius 3 is 2.72 bits per heavy atom. The number of amides is 1. The van der Waals surface area contributed by atoms with Crippen LogP contribution >= 0.6 is 11.8 Å². The minimum absolute atomic E-state index is 0.121. The molecule has 3 rings (SSSR count). The van der Waals surface area contributed by atoms with Crippen molar-refractivity contribution in [1.82, 2.24) is 14.8 Å². The number of nitrogens with zero attached hydrogens (tertiary/aromatic N) is 3. The molecule has 0 bridgehead atoms. The standard InChI is InChI=1S/C16H11F3N4OS/c17-10-2-1-3-12(8-10)23-7-6-13(22-23)15(24)21-11-4-5-14(20-9-11)25-16(18)19/h1-9,16H,(H,21,24). The molecule has 0 aliphatic heterocycles. The molecule has 2 heterocycles. The Morgan fingerprint density at radius 1 is 1.20 bits per heavy atom. The summed E-state index contributed by atoms with van der Waals surface area (Å²) in [6, 6.07) is 10.1. The van der Waals surface area contributed by atoms with Crippen LogP contribution in [0.4, 0.5) is 18.9 Å². The predicted octanol–water partition coefficient (Wildman–Crippen LogP) is 3.97. The topological polar surface area (TPSA) is 59.8 Å². The number of hydrogen-bond acceptors (Lipinski definition) is 4. The largest absolute Gasteiger partial charge is 0.319 e. The molecule has 3 aromatic rings. The summed E-state index contributed by atoms with van der Waals surface area (Å²) in [6.45, 7) is 0. The fourth-order valence-electron chi connectivity index (χ4n) is 2.02. The Labute approximate surface area is 144 Å². The third kappa shape index (κ3) is 4.38. The van der Waals surface area contributed by atoms with Gasteiger partial charge < -0.3 is 5.32 Å². The Hall–Kier alpha value is -2.81. The molecule has 0 fully saturated rings. The fraction of sp³-hybridized carbons (Fsp3) is 0.0625. The molecule has 9 heteroatoms. The van der Waals surface area contributed by atoms with Crippen LogP contribution in [0.2, 0.25) is 0 Å². The highest BCUT2D eigenvalue weighted by molar-refractivity contribution is 7.99. The van der Waals surface area contributed by atoms with Gasteiger partial charge in [0.1, 0.15) is 10.8 Å². The van der Waals surface area contributed by atoms with Gasteiger partial charge in [-0.05, 0) is 48.2 Å². The zero-order valence-electron chi connectivity index (χ0n) is 12.6. The molecule has 5 nitrogen and oxygen atoms in total. The molecule has 0 saturated carbocycles. The Balaban J connectivity index is 1.69. The number of nitrogens with one attached hydrogen (secondary N) is 1. The van der Waals surface area contributed by atoms with Crippen molar-refractivity contribution in [2.75, 3.05) is 5.32 Å². The molecule has 0 atom stereocenters. The van der Waals surface area contributed by atoms with E-state index in [1.807, 2.05) is 0 Å². The molecule has 1 amide bonds. The smallest absolute Gasteiger partial charge is 0.290 e. The van der Waals surface area contributed by atoms with Gasteiger partial charge in [0.05, 0.1) is 17.6 Å². The number of pyridine rings is 1. The zero-order chi connectivity index (χ0) is 17.8. The quantitative estimate of drug-likeness (QED) is 0.696. The molecule has 2 aromatic heterocycles. The van der Waals surface area contributed by atoms with Crippen LogP contribution in [0.5, 0.6) is 0 Å². The molecule has 25 heavy (non-hydrogen) atoms. The summed E-state index contributed by atoms with van der Waals surface area (Å²) in [5.74, 6) is -3.46. The van der Waals surface area contributed by atoms with E-state index >= 15 is 0 Å². The minimum Gasteiger partial charge on any atom is -0.319 e. The average molecular weight is 364 g/mol. The van der Waals surface area contributed by atoms with Crippen LogP contribution in [-0.4, -0.2) is 26.4 Å². The van der Waals surface area contributed by atoms with Gasteiger partial charge in [0.25, 0.3) is 11.7 Å². The number of carbonyl (C=O) groups is 1. The maximum absolute atomic E-state index is 13.2. The second kappa shape index (κ2) is 7.39. The molecule has 0 aliphatic rings. The number of anilines is 1. The summed E-state index contributed by atoms with van der Waals surface area (Å²) in [6.07, 6.45) is 2.82. The van der Waals surface area contributed by atoms with Crippen LogP contribution in [0, 0.1) is 5.82 Å². The highest BCUT2D eigenvalue weighted by Gasteiger charge is 2.12. The first-order valence-electron chi connectivity index (χ1n) is 7.05. The van der Waals surface area contributed by atoms with Crippen LogP contribution < -0.4 is 5.32 Å². The molecule has 0 aliphatic carbocycles. The predicted molar refractivity (Wildman–Crippen MR) is 87.6 cm³/mol. The van der Waals surface area contributed by atoms with E-state index in [2.05, 4.69) is 15.4 Å². The van der Waals surface area contributed by atoms with Crippen molar-refractivity contribution in [3.8, 4) is 5.69 Å². The van der Waals surface area contributed by atoms with Crippen LogP contribution in [0.25, 0.3) is 5.69 Å². The SMILES string of the molecule is O=C(Nc1ccc(SC(F)F)nc1)c1ccn(-c2cccc(F)c2)n1. The molecule has 0 spiro atoms. The first kappa shape index (κ1) is 17.0. The summed E-state index contributed by atoms with van der Waals surface area (Å²) >= 11 is 0.321. The van der Waals surface area contributed by atoms with E-state index < -0.39 is 17.5 Å². The lowest BCUT2D eigenvalue weighted by molar-refractivity contribution is 0.102. The summed E-state index contributed by atoms with van der Waals surface area (Å²) in [4.78, 5) is 16.0. The van der Waals surface area contributed by atoms with Crippen LogP contribution in [0.3, 0.4) is 0 Å². The molecule has 0 saturated heterocycles. The third-order valence-corrected chi connectivity index (χ3v) is 3.76. The third-order valence-electron chi connectivity index (χ3n) is 3.10. The normalized spacial score (nSPS) is 10.9. The van der Waals surface area contributed by atoms with Crippen molar-refractivity contribution in [2.45, 2.75) is 10.8 Å². The van der Waals surface area contributed by atoms with E-state index in [1.54, 1.807) is 6.07 Å². The van der Waals surface area contributed by atoms with Crippen molar-refractivity contribution in [3.05, 3.63) is 66.4 Å². The van der Waals surface area contributed by atoms with Crippen molar-refractivity contribution in [3.63, 3.8) is 0 Å². The Morgan fingerprint density at radius 2 is 2.04 bits per heavy atom. The molecule has 1 aromatic carbocycles. The fourth-order valence-corrected chi connectivity index (χ4v) is 2.46. The van der Waals surface area contributed by atoms with E-state index in [9.17, 15) is 18.0 Å². The van der Waals surface area contributed by atoms with Crippen molar-refractivity contribution in [1.29, 1.82) is 0 Å². The lowest BCUT2D eigenvalue weighted by atomic mass is 10.3. The van der Waals surface area contributed by atoms with E-state index in [1.165, 1.54) is 53.5 Å². The van der Waals surface area contributed by atoms with Crippen molar-refractivity contribution < 1.29 is 18.0 Å². The van der Waals surface area contributed by atoms with E-state index in [4.69, 9.17) is 0 Å². The number of alkyl halides is 2. The summed E-state index contributed by atoms with van der Waals surface area (Å²) in [5.41, 5.74) is 0.952. The van der Waals surface area contributed by atoms with Crippen molar-refractivity contribution in [2.24, 2.45) is 0 Å². The number of halogens is 3. The highest BCUT2D eigenvalue weighted by Crippen LogP contribution is 2.23. The van der Waals surface area contributed by atoms with Gasteiger partial charge in [-0.3, -0.25) is 4.79 Å². The zero-order valence-corrected chi connectivity index (χ0v) is 13.4. The molecule has 0 unspecified atom stereocenters. The van der Waals surface area contributed by atoms with Crippen LogP contribution in [-0.2, 0) is 0 Å². The number of hydrogen-bond donors (Lipinski definition) is 1. The lowest BCUT2D eigenvalue weighted by Gasteiger charge is -2.04. The first-order valence-corrected chi connectivity index (χ1v) is 7.93. The second-order valence-corrected chi connectivity index (χ2v) is 5.85. The monoisotopic (exact) mass is 364 g/mol. The van der Waals surface area contributed by atoms with Gasteiger partial charge in [-0.25, -0.2) is 14.1 Å². The summed E-state index contributed by atoms with van der Waals surface area (Å²) in [7, 11) is 0. The number of aromatic nitrogens is 3. The van der Waals surface area contributed by atoms with Gasteiger partial charge in [0.2, 0.25) is 0 Å². The van der Waals surface area contributed by atoms with Gasteiger partial charge in [0, 0.05) is 6.20 Å². The molecular formula is C16H11F3N4OS. The maximum atomic E-state index is 13.2. The number of rotatable bonds is 5. The summed E-state index contributed by atoms with van der Waals surface area (Å²) in [5, 5.41) is 6.81. The first-order chi connectivity index (χ1) is 12.0. The van der Waals surface area contributed by atoms with Gasteiger partial charge in [-0.15, -0.1) is 0 Å². The molecule has 1 N–H and O–H groups in total. The maximum Gasteiger partial charge on any atom is 0.290 e. The van der Waals surface area contributed by atoms with E-state index in [-0.39, 0.29) is 10.7 Å². The van der Waals surface area contributed by atoms with Gasteiger partial charge in [-0.1, -0.05) is 6.07 Å². The molecular weight excluding hydrogens is 353 g/mol. The lowest BCUT2D eigenvalue weighted by Crippen LogP contribution is -2.13. The van der Waals surface area contributed by atoms with Crippen LogP contribution in [0.1, 0.15) is 10.5 Å². The highest BCUT2D eigenvalue weighted by atomic mass is 32.2. The average Bonchev–Trinajstić information content (AvgIpc) is 3.06. The van der Waals surface area contributed by atoms with Gasteiger partial charge in [-0.2, -0.15) is 13.9 Å². The molecule has 0 radical (unpaired) electrons. The second-order valence-electron chi connectivity index (χ2n) is 4.84. The number of thioether (sulfide) groups is 1. The van der Waals surface area contributed by atoms with Gasteiger partial charge in [0.15, 0.2) is 5.69 Å². The van der Waals surface area contributed by atoms with Gasteiger partial charge >= 0.3 is 0 Å². The minimum atomic E-state index is -2.56.